The van der Waals surface area contributed by atoms with Crippen LogP contribution in [0.3, 0.4) is 0 Å². The minimum absolute atomic E-state index is 0.166. The van der Waals surface area contributed by atoms with E-state index >= 15 is 0 Å². The lowest BCUT2D eigenvalue weighted by molar-refractivity contribution is -0.669. The van der Waals surface area contributed by atoms with Gasteiger partial charge in [0, 0.05) is 11.3 Å². The molecule has 6 heteroatoms. The Morgan fingerprint density at radius 3 is 2.40 bits per heavy atom. The van der Waals surface area contributed by atoms with Crippen molar-refractivity contribution in [2.24, 2.45) is 5.14 Å². The first-order valence-corrected chi connectivity index (χ1v) is 8.80. The Labute approximate surface area is 123 Å². The highest BCUT2D eigenvalue weighted by molar-refractivity contribution is 7.89. The molecule has 20 heavy (non-hydrogen) atoms. The van der Waals surface area contributed by atoms with Crippen LogP contribution in [-0.4, -0.2) is 15.0 Å². The minimum Gasteiger partial charge on any atom is -0.342 e. The summed E-state index contributed by atoms with van der Waals surface area (Å²) in [6.45, 7) is 4.08. The van der Waals surface area contributed by atoms with Crippen LogP contribution < -0.4 is 10.5 Å². The summed E-state index contributed by atoms with van der Waals surface area (Å²) in [6.07, 6.45) is 0.912. The topological polar surface area (TPSA) is 76.8 Å². The maximum absolute atomic E-state index is 11.1. The van der Waals surface area contributed by atoms with Gasteiger partial charge < -0.3 is 5.32 Å². The Balaban J connectivity index is 1.80. The second kappa shape index (κ2) is 6.49. The van der Waals surface area contributed by atoms with Gasteiger partial charge in [-0.1, -0.05) is 12.1 Å². The number of aryl methyl sites for hydroxylation is 1. The van der Waals surface area contributed by atoms with Crippen LogP contribution in [0.2, 0.25) is 0 Å². The summed E-state index contributed by atoms with van der Waals surface area (Å²) in [5, 5.41) is 7.32. The lowest BCUT2D eigenvalue weighted by Gasteiger charge is -2.03. The van der Waals surface area contributed by atoms with Crippen molar-refractivity contribution in [1.29, 1.82) is 0 Å². The van der Waals surface area contributed by atoms with E-state index in [-0.39, 0.29) is 4.90 Å². The fourth-order valence-electron chi connectivity index (χ4n) is 1.95. The molecule has 0 unspecified atom stereocenters. The third-order valence-corrected chi connectivity index (χ3v) is 4.98. The molecule has 0 saturated carbocycles. The van der Waals surface area contributed by atoms with E-state index in [1.54, 1.807) is 12.1 Å². The van der Waals surface area contributed by atoms with Crippen LogP contribution >= 0.6 is 11.3 Å². The monoisotopic (exact) mass is 311 g/mol. The largest absolute Gasteiger partial charge is 0.342 e. The highest BCUT2D eigenvalue weighted by atomic mass is 32.2. The molecule has 2 aromatic rings. The molecule has 0 bridgehead atoms. The van der Waals surface area contributed by atoms with Crippen molar-refractivity contribution in [3.63, 3.8) is 0 Å². The third kappa shape index (κ3) is 4.42. The van der Waals surface area contributed by atoms with Crippen molar-refractivity contribution < 1.29 is 13.7 Å². The molecule has 1 aromatic carbocycles. The van der Waals surface area contributed by atoms with E-state index in [1.165, 1.54) is 9.75 Å². The zero-order valence-electron chi connectivity index (χ0n) is 11.4. The molecule has 108 valence electrons. The molecule has 0 radical (unpaired) electrons. The number of hydrogen-bond acceptors (Lipinski definition) is 3. The second-order valence-corrected chi connectivity index (χ2v) is 7.67. The number of thiophene rings is 1. The first kappa shape index (κ1) is 15.2. The van der Waals surface area contributed by atoms with Gasteiger partial charge in [-0.05, 0) is 36.8 Å². The molecule has 4 N–H and O–H groups in total. The maximum atomic E-state index is 11.1. The Bertz CT molecular complexity index is 661. The molecule has 1 heterocycles. The van der Waals surface area contributed by atoms with Crippen LogP contribution in [0.25, 0.3) is 0 Å². The van der Waals surface area contributed by atoms with Gasteiger partial charge >= 0.3 is 0 Å². The average molecular weight is 311 g/mol. The smallest absolute Gasteiger partial charge is 0.238 e. The fourth-order valence-corrected chi connectivity index (χ4v) is 3.36. The molecule has 0 aliphatic carbocycles. The van der Waals surface area contributed by atoms with Gasteiger partial charge in [0.1, 0.15) is 6.54 Å². The molecule has 0 amide bonds. The molecular formula is C14H19N2O2S2+. The molecule has 1 aromatic heterocycles. The van der Waals surface area contributed by atoms with Crippen molar-refractivity contribution in [3.8, 4) is 0 Å². The highest BCUT2D eigenvalue weighted by Crippen LogP contribution is 2.13. The summed E-state index contributed by atoms with van der Waals surface area (Å²) in [7, 11) is -3.58. The highest BCUT2D eigenvalue weighted by Gasteiger charge is 2.06. The Morgan fingerprint density at radius 1 is 1.15 bits per heavy atom. The SMILES string of the molecule is Cc1ccc(C[NH2+]CCc2ccc(S(N)(=O)=O)cc2)s1. The minimum atomic E-state index is -3.58. The van der Waals surface area contributed by atoms with Gasteiger partial charge in [0.15, 0.2) is 0 Å². The number of sulfonamides is 1. The van der Waals surface area contributed by atoms with Crippen molar-refractivity contribution >= 4 is 21.4 Å². The van der Waals surface area contributed by atoms with E-state index in [0.717, 1.165) is 25.1 Å². The average Bonchev–Trinajstić information content (AvgIpc) is 2.80. The summed E-state index contributed by atoms with van der Waals surface area (Å²) in [5.74, 6) is 0. The van der Waals surface area contributed by atoms with Crippen LogP contribution in [0, 0.1) is 6.92 Å². The molecule has 0 spiro atoms. The summed E-state index contributed by atoms with van der Waals surface area (Å²) in [6, 6.07) is 11.1. The van der Waals surface area contributed by atoms with Crippen molar-refractivity contribution in [2.75, 3.05) is 6.54 Å². The van der Waals surface area contributed by atoms with Gasteiger partial charge in [0.25, 0.3) is 0 Å². The summed E-state index contributed by atoms with van der Waals surface area (Å²) in [4.78, 5) is 2.89. The van der Waals surface area contributed by atoms with Crippen LogP contribution in [0.1, 0.15) is 15.3 Å². The van der Waals surface area contributed by atoms with E-state index in [9.17, 15) is 8.42 Å². The maximum Gasteiger partial charge on any atom is 0.238 e. The molecule has 0 aliphatic heterocycles. The first-order chi connectivity index (χ1) is 9.45. The molecule has 0 aliphatic rings. The molecule has 0 atom stereocenters. The van der Waals surface area contributed by atoms with Gasteiger partial charge in [-0.3, -0.25) is 0 Å². The Morgan fingerprint density at radius 2 is 1.85 bits per heavy atom. The zero-order chi connectivity index (χ0) is 14.6. The lowest BCUT2D eigenvalue weighted by Crippen LogP contribution is -2.82. The third-order valence-electron chi connectivity index (χ3n) is 3.03. The number of primary sulfonamides is 1. The van der Waals surface area contributed by atoms with E-state index in [1.807, 2.05) is 23.5 Å². The lowest BCUT2D eigenvalue weighted by atomic mass is 10.1. The molecule has 0 saturated heterocycles. The summed E-state index contributed by atoms with van der Waals surface area (Å²) < 4.78 is 22.3. The number of hydrogen-bond donors (Lipinski definition) is 2. The second-order valence-electron chi connectivity index (χ2n) is 4.73. The van der Waals surface area contributed by atoms with Gasteiger partial charge in [-0.15, -0.1) is 11.3 Å². The van der Waals surface area contributed by atoms with E-state index < -0.39 is 10.0 Å². The van der Waals surface area contributed by atoms with Crippen LogP contribution in [0.15, 0.2) is 41.3 Å². The van der Waals surface area contributed by atoms with Crippen LogP contribution in [-0.2, 0) is 23.0 Å². The van der Waals surface area contributed by atoms with Crippen molar-refractivity contribution in [3.05, 3.63) is 51.7 Å². The molecular weight excluding hydrogens is 292 g/mol. The van der Waals surface area contributed by atoms with Crippen LogP contribution in [0.5, 0.6) is 0 Å². The Kier molecular flexibility index (Phi) is 4.93. The van der Waals surface area contributed by atoms with Gasteiger partial charge in [-0.25, -0.2) is 13.6 Å². The van der Waals surface area contributed by atoms with Gasteiger partial charge in [-0.2, -0.15) is 0 Å². The van der Waals surface area contributed by atoms with Gasteiger partial charge in [0.2, 0.25) is 10.0 Å². The molecule has 0 fully saturated rings. The predicted molar refractivity (Wildman–Crippen MR) is 81.1 cm³/mol. The first-order valence-electron chi connectivity index (χ1n) is 6.44. The summed E-state index contributed by atoms with van der Waals surface area (Å²) >= 11 is 1.83. The van der Waals surface area contributed by atoms with E-state index in [4.69, 9.17) is 5.14 Å². The van der Waals surface area contributed by atoms with E-state index in [0.29, 0.717) is 0 Å². The zero-order valence-corrected chi connectivity index (χ0v) is 13.0. The molecule has 2 rings (SSSR count). The van der Waals surface area contributed by atoms with Crippen LogP contribution in [0.4, 0.5) is 0 Å². The standard InChI is InChI=1S/C14H18N2O2S2/c1-11-2-5-13(19-11)10-16-9-8-12-3-6-14(7-4-12)20(15,17)18/h2-7,16H,8-10H2,1H3,(H2,15,17,18)/p+1. The summed E-state index contributed by atoms with van der Waals surface area (Å²) in [5.41, 5.74) is 1.12. The normalized spacial score (nSPS) is 11.7. The number of benzene rings is 1. The number of nitrogens with two attached hydrogens (primary N) is 2. The quantitative estimate of drug-likeness (QED) is 0.781. The predicted octanol–water partition coefficient (Wildman–Crippen LogP) is 1.01. The van der Waals surface area contributed by atoms with E-state index in [2.05, 4.69) is 24.4 Å². The Hall–Kier alpha value is -1.21. The molecule has 4 nitrogen and oxygen atoms in total. The number of rotatable bonds is 6. The van der Waals surface area contributed by atoms with Crippen molar-refractivity contribution in [1.82, 2.24) is 0 Å². The fraction of sp³-hybridized carbons (Fsp3) is 0.286. The number of quaternary nitrogens is 1. The van der Waals surface area contributed by atoms with Crippen molar-refractivity contribution in [2.45, 2.75) is 24.8 Å². The van der Waals surface area contributed by atoms with Gasteiger partial charge in [0.05, 0.1) is 16.3 Å².